The number of aliphatic hydroxyl groups excluding tert-OH is 1. The van der Waals surface area contributed by atoms with Crippen molar-refractivity contribution in [3.63, 3.8) is 0 Å². The Balaban J connectivity index is 2.35. The maximum atomic E-state index is 8.79. The van der Waals surface area contributed by atoms with E-state index in [4.69, 9.17) is 5.11 Å². The fourth-order valence-electron chi connectivity index (χ4n) is 0.862. The SMILES string of the molecule is OCc1cnc(-n2ccnc2)s1. The van der Waals surface area contributed by atoms with Crippen LogP contribution >= 0.6 is 11.3 Å². The molecular weight excluding hydrogens is 174 g/mol. The molecule has 0 aromatic carbocycles. The van der Waals surface area contributed by atoms with Crippen molar-refractivity contribution in [2.45, 2.75) is 6.61 Å². The Morgan fingerprint density at radius 2 is 2.50 bits per heavy atom. The molecule has 0 saturated carbocycles. The Kier molecular flexibility index (Phi) is 1.89. The van der Waals surface area contributed by atoms with Gasteiger partial charge < -0.3 is 5.11 Å². The van der Waals surface area contributed by atoms with Crippen LogP contribution in [0.25, 0.3) is 5.13 Å². The fourth-order valence-corrected chi connectivity index (χ4v) is 1.59. The predicted octanol–water partition coefficient (Wildman–Crippen LogP) is 0.821. The lowest BCUT2D eigenvalue weighted by Crippen LogP contribution is -1.86. The van der Waals surface area contributed by atoms with Crippen LogP contribution in [0.1, 0.15) is 4.88 Å². The van der Waals surface area contributed by atoms with E-state index < -0.39 is 0 Å². The fraction of sp³-hybridized carbons (Fsp3) is 0.143. The minimum absolute atomic E-state index is 0.0480. The molecule has 62 valence electrons. The van der Waals surface area contributed by atoms with Crippen molar-refractivity contribution < 1.29 is 5.11 Å². The molecule has 2 aromatic heterocycles. The first kappa shape index (κ1) is 7.45. The van der Waals surface area contributed by atoms with Crippen LogP contribution in [0.3, 0.4) is 0 Å². The summed E-state index contributed by atoms with van der Waals surface area (Å²) in [7, 11) is 0. The molecule has 0 aliphatic heterocycles. The van der Waals surface area contributed by atoms with Gasteiger partial charge in [0.1, 0.15) is 6.33 Å². The van der Waals surface area contributed by atoms with Crippen LogP contribution in [-0.2, 0) is 6.61 Å². The van der Waals surface area contributed by atoms with Crippen molar-refractivity contribution >= 4 is 11.3 Å². The van der Waals surface area contributed by atoms with Gasteiger partial charge in [-0.2, -0.15) is 0 Å². The number of imidazole rings is 1. The summed E-state index contributed by atoms with van der Waals surface area (Å²) in [6.07, 6.45) is 6.86. The van der Waals surface area contributed by atoms with Crippen molar-refractivity contribution in [2.24, 2.45) is 0 Å². The average Bonchev–Trinajstić information content (AvgIpc) is 2.75. The molecule has 0 aliphatic carbocycles. The Labute approximate surface area is 73.1 Å². The summed E-state index contributed by atoms with van der Waals surface area (Å²) >= 11 is 1.45. The van der Waals surface area contributed by atoms with Crippen LogP contribution in [0.5, 0.6) is 0 Å². The third-order valence-corrected chi connectivity index (χ3v) is 2.42. The number of aliphatic hydroxyl groups is 1. The van der Waals surface area contributed by atoms with E-state index in [2.05, 4.69) is 9.97 Å². The smallest absolute Gasteiger partial charge is 0.195 e. The van der Waals surface area contributed by atoms with E-state index in [1.807, 2.05) is 10.8 Å². The summed E-state index contributed by atoms with van der Waals surface area (Å²) in [5.41, 5.74) is 0. The van der Waals surface area contributed by atoms with E-state index in [1.54, 1.807) is 18.7 Å². The third-order valence-electron chi connectivity index (χ3n) is 1.42. The van der Waals surface area contributed by atoms with Gasteiger partial charge in [0.2, 0.25) is 0 Å². The Morgan fingerprint density at radius 1 is 1.58 bits per heavy atom. The molecule has 1 N–H and O–H groups in total. The standard InChI is InChI=1S/C7H7N3OS/c11-4-6-3-9-7(12-6)10-2-1-8-5-10/h1-3,5,11H,4H2. The molecule has 0 bridgehead atoms. The zero-order valence-corrected chi connectivity index (χ0v) is 7.03. The molecule has 0 saturated heterocycles. The van der Waals surface area contributed by atoms with Gasteiger partial charge in [0.15, 0.2) is 5.13 Å². The monoisotopic (exact) mass is 181 g/mol. The molecule has 2 rings (SSSR count). The first-order chi connectivity index (χ1) is 5.90. The van der Waals surface area contributed by atoms with Crippen molar-refractivity contribution in [2.75, 3.05) is 0 Å². The molecule has 2 heterocycles. The van der Waals surface area contributed by atoms with Crippen LogP contribution < -0.4 is 0 Å². The van der Waals surface area contributed by atoms with Gasteiger partial charge in [-0.1, -0.05) is 11.3 Å². The van der Waals surface area contributed by atoms with Gasteiger partial charge in [-0.3, -0.25) is 4.57 Å². The molecule has 0 fully saturated rings. The van der Waals surface area contributed by atoms with E-state index in [1.165, 1.54) is 11.3 Å². The average molecular weight is 181 g/mol. The van der Waals surface area contributed by atoms with Gasteiger partial charge in [-0.25, -0.2) is 9.97 Å². The summed E-state index contributed by atoms with van der Waals surface area (Å²) in [5.74, 6) is 0. The van der Waals surface area contributed by atoms with E-state index >= 15 is 0 Å². The maximum Gasteiger partial charge on any atom is 0.195 e. The van der Waals surface area contributed by atoms with Gasteiger partial charge in [-0.15, -0.1) is 0 Å². The molecule has 4 nitrogen and oxygen atoms in total. The number of aromatic nitrogens is 3. The molecule has 0 aliphatic rings. The van der Waals surface area contributed by atoms with Crippen molar-refractivity contribution in [1.82, 2.24) is 14.5 Å². The van der Waals surface area contributed by atoms with Gasteiger partial charge in [-0.05, 0) is 0 Å². The maximum absolute atomic E-state index is 8.79. The second-order valence-corrected chi connectivity index (χ2v) is 3.33. The third kappa shape index (κ3) is 1.24. The zero-order valence-electron chi connectivity index (χ0n) is 6.21. The highest BCUT2D eigenvalue weighted by Crippen LogP contribution is 2.16. The molecule has 0 radical (unpaired) electrons. The molecule has 12 heavy (non-hydrogen) atoms. The summed E-state index contributed by atoms with van der Waals surface area (Å²) in [5, 5.41) is 9.62. The van der Waals surface area contributed by atoms with Crippen LogP contribution in [0.4, 0.5) is 0 Å². The zero-order chi connectivity index (χ0) is 8.39. The Hall–Kier alpha value is -1.20. The quantitative estimate of drug-likeness (QED) is 0.746. The first-order valence-corrected chi connectivity index (χ1v) is 4.25. The topological polar surface area (TPSA) is 50.9 Å². The largest absolute Gasteiger partial charge is 0.391 e. The van der Waals surface area contributed by atoms with E-state index in [0.717, 1.165) is 10.0 Å². The molecule has 0 amide bonds. The molecule has 0 spiro atoms. The highest BCUT2D eigenvalue weighted by Gasteiger charge is 2.01. The van der Waals surface area contributed by atoms with Crippen molar-refractivity contribution in [3.05, 3.63) is 29.8 Å². The molecule has 0 unspecified atom stereocenters. The van der Waals surface area contributed by atoms with Crippen molar-refractivity contribution in [3.8, 4) is 5.13 Å². The van der Waals surface area contributed by atoms with Crippen LogP contribution in [0.15, 0.2) is 24.9 Å². The van der Waals surface area contributed by atoms with E-state index in [-0.39, 0.29) is 6.61 Å². The second-order valence-electron chi connectivity index (χ2n) is 2.24. The van der Waals surface area contributed by atoms with Crippen molar-refractivity contribution in [1.29, 1.82) is 0 Å². The predicted molar refractivity (Wildman–Crippen MR) is 45.2 cm³/mol. The van der Waals surface area contributed by atoms with Crippen LogP contribution in [-0.4, -0.2) is 19.6 Å². The van der Waals surface area contributed by atoms with Crippen LogP contribution in [0, 0.1) is 0 Å². The van der Waals surface area contributed by atoms with Gasteiger partial charge in [0, 0.05) is 18.6 Å². The normalized spacial score (nSPS) is 10.4. The van der Waals surface area contributed by atoms with E-state index in [9.17, 15) is 0 Å². The number of nitrogens with zero attached hydrogens (tertiary/aromatic N) is 3. The molecule has 5 heteroatoms. The van der Waals surface area contributed by atoms with Gasteiger partial charge in [0.05, 0.1) is 11.5 Å². The number of hydrogen-bond donors (Lipinski definition) is 1. The Bertz CT molecular complexity index is 354. The summed E-state index contributed by atoms with van der Waals surface area (Å²) in [6.45, 7) is 0.0480. The van der Waals surface area contributed by atoms with Crippen LogP contribution in [0.2, 0.25) is 0 Å². The minimum atomic E-state index is 0.0480. The lowest BCUT2D eigenvalue weighted by atomic mass is 10.6. The summed E-state index contributed by atoms with van der Waals surface area (Å²) < 4.78 is 1.81. The summed E-state index contributed by atoms with van der Waals surface area (Å²) in [4.78, 5) is 8.87. The number of thiazole rings is 1. The minimum Gasteiger partial charge on any atom is -0.391 e. The van der Waals surface area contributed by atoms with E-state index in [0.29, 0.717) is 0 Å². The highest BCUT2D eigenvalue weighted by molar-refractivity contribution is 7.14. The molecule has 2 aromatic rings. The molecular formula is C7H7N3OS. The van der Waals surface area contributed by atoms with Gasteiger partial charge in [0.25, 0.3) is 0 Å². The lowest BCUT2D eigenvalue weighted by molar-refractivity contribution is 0.285. The Morgan fingerprint density at radius 3 is 3.08 bits per heavy atom. The number of hydrogen-bond acceptors (Lipinski definition) is 4. The molecule has 0 atom stereocenters. The number of rotatable bonds is 2. The lowest BCUT2D eigenvalue weighted by Gasteiger charge is -1.91. The summed E-state index contributed by atoms with van der Waals surface area (Å²) in [6, 6.07) is 0. The first-order valence-electron chi connectivity index (χ1n) is 3.44. The second kappa shape index (κ2) is 3.04. The van der Waals surface area contributed by atoms with Gasteiger partial charge >= 0.3 is 0 Å². The highest BCUT2D eigenvalue weighted by atomic mass is 32.1.